The molecule has 0 bridgehead atoms. The number of rotatable bonds is 1. The highest BCUT2D eigenvalue weighted by atomic mass is 16.1. The zero-order chi connectivity index (χ0) is 11.8. The number of nitrogens with zero attached hydrogens (tertiary/aromatic N) is 5. The van der Waals surface area contributed by atoms with Crippen molar-refractivity contribution >= 4 is 11.0 Å². The van der Waals surface area contributed by atoms with Gasteiger partial charge in [0, 0.05) is 12.4 Å². The molecule has 0 aliphatic carbocycles. The largest absolute Gasteiger partial charge is 0.310 e. The number of fused-ring (bicyclic) bond motifs is 1. The first-order chi connectivity index (χ1) is 8.25. The van der Waals surface area contributed by atoms with Gasteiger partial charge >= 0.3 is 0 Å². The summed E-state index contributed by atoms with van der Waals surface area (Å²) in [6, 6.07) is 0. The van der Waals surface area contributed by atoms with Crippen molar-refractivity contribution in [1.82, 2.24) is 29.7 Å². The molecule has 0 radical (unpaired) electrons. The van der Waals surface area contributed by atoms with E-state index in [9.17, 15) is 4.79 Å². The van der Waals surface area contributed by atoms with Crippen LogP contribution in [0.5, 0.6) is 0 Å². The molecule has 0 unspecified atom stereocenters. The molecule has 0 aliphatic heterocycles. The number of aromatic amines is 1. The van der Waals surface area contributed by atoms with Crippen LogP contribution >= 0.6 is 0 Å². The Balaban J connectivity index is 2.36. The standard InChI is InChI=1S/C10H8N6O/c1-6-14-9-7(10(17)15-6)4-13-16(9)8-5-11-2-3-12-8/h2-5H,1H3,(H,14,15,17). The first-order valence-corrected chi connectivity index (χ1v) is 4.97. The van der Waals surface area contributed by atoms with E-state index in [1.54, 1.807) is 25.5 Å². The summed E-state index contributed by atoms with van der Waals surface area (Å²) in [7, 11) is 0. The van der Waals surface area contributed by atoms with Crippen molar-refractivity contribution in [2.45, 2.75) is 6.92 Å². The molecule has 3 heterocycles. The van der Waals surface area contributed by atoms with E-state index in [0.717, 1.165) is 0 Å². The fourth-order valence-corrected chi connectivity index (χ4v) is 1.60. The number of aromatic nitrogens is 6. The minimum atomic E-state index is -0.206. The lowest BCUT2D eigenvalue weighted by Gasteiger charge is -2.00. The number of H-pyrrole nitrogens is 1. The van der Waals surface area contributed by atoms with Crippen LogP contribution in [0.15, 0.2) is 29.6 Å². The van der Waals surface area contributed by atoms with Gasteiger partial charge < -0.3 is 4.98 Å². The van der Waals surface area contributed by atoms with Gasteiger partial charge in [0.05, 0.1) is 12.4 Å². The van der Waals surface area contributed by atoms with Crippen LogP contribution in [0, 0.1) is 6.92 Å². The molecule has 0 atom stereocenters. The smallest absolute Gasteiger partial charge is 0.262 e. The van der Waals surface area contributed by atoms with Gasteiger partial charge in [-0.25, -0.2) is 9.97 Å². The molecule has 3 aromatic rings. The Morgan fingerprint density at radius 2 is 2.18 bits per heavy atom. The van der Waals surface area contributed by atoms with E-state index in [0.29, 0.717) is 22.7 Å². The molecule has 0 saturated carbocycles. The Labute approximate surface area is 95.2 Å². The molecule has 0 aliphatic rings. The van der Waals surface area contributed by atoms with Crippen molar-refractivity contribution < 1.29 is 0 Å². The maximum Gasteiger partial charge on any atom is 0.262 e. The van der Waals surface area contributed by atoms with Gasteiger partial charge in [0.1, 0.15) is 11.2 Å². The van der Waals surface area contributed by atoms with Gasteiger partial charge in [0.25, 0.3) is 5.56 Å². The van der Waals surface area contributed by atoms with Gasteiger partial charge in [-0.15, -0.1) is 0 Å². The predicted octanol–water partition coefficient (Wildman–Crippen LogP) is 0.207. The Hall–Kier alpha value is -2.57. The van der Waals surface area contributed by atoms with E-state index in [2.05, 4.69) is 25.0 Å². The molecular weight excluding hydrogens is 220 g/mol. The van der Waals surface area contributed by atoms with Gasteiger partial charge in [-0.1, -0.05) is 0 Å². The van der Waals surface area contributed by atoms with Crippen LogP contribution < -0.4 is 5.56 Å². The Morgan fingerprint density at radius 3 is 2.94 bits per heavy atom. The third-order valence-electron chi connectivity index (χ3n) is 2.32. The van der Waals surface area contributed by atoms with Crippen molar-refractivity contribution in [3.05, 3.63) is 41.0 Å². The number of aryl methyl sites for hydroxylation is 1. The van der Waals surface area contributed by atoms with Crippen LogP contribution in [0.3, 0.4) is 0 Å². The van der Waals surface area contributed by atoms with Gasteiger partial charge in [-0.3, -0.25) is 9.78 Å². The average Bonchev–Trinajstić information content (AvgIpc) is 2.74. The second kappa shape index (κ2) is 3.48. The third kappa shape index (κ3) is 1.48. The Bertz CT molecular complexity index is 729. The van der Waals surface area contributed by atoms with Crippen LogP contribution in [0.2, 0.25) is 0 Å². The zero-order valence-electron chi connectivity index (χ0n) is 8.95. The van der Waals surface area contributed by atoms with E-state index in [4.69, 9.17) is 0 Å². The average molecular weight is 228 g/mol. The molecule has 3 rings (SSSR count). The van der Waals surface area contributed by atoms with Crippen molar-refractivity contribution in [3.8, 4) is 5.82 Å². The molecule has 84 valence electrons. The summed E-state index contributed by atoms with van der Waals surface area (Å²) < 4.78 is 1.49. The summed E-state index contributed by atoms with van der Waals surface area (Å²) in [6.07, 6.45) is 6.16. The molecule has 7 nitrogen and oxygen atoms in total. The highest BCUT2D eigenvalue weighted by molar-refractivity contribution is 5.74. The number of hydrogen-bond acceptors (Lipinski definition) is 5. The molecule has 0 aromatic carbocycles. The molecule has 0 fully saturated rings. The molecular formula is C10H8N6O. The van der Waals surface area contributed by atoms with Gasteiger partial charge in [-0.05, 0) is 6.92 Å². The summed E-state index contributed by atoms with van der Waals surface area (Å²) in [5.74, 6) is 1.06. The lowest BCUT2D eigenvalue weighted by atomic mass is 10.4. The highest BCUT2D eigenvalue weighted by Crippen LogP contribution is 2.10. The molecule has 3 aromatic heterocycles. The maximum absolute atomic E-state index is 11.7. The van der Waals surface area contributed by atoms with E-state index in [1.807, 2.05) is 0 Å². The van der Waals surface area contributed by atoms with E-state index in [-0.39, 0.29) is 5.56 Å². The molecule has 1 N–H and O–H groups in total. The second-order valence-corrected chi connectivity index (χ2v) is 3.51. The summed E-state index contributed by atoms with van der Waals surface area (Å²) in [4.78, 5) is 26.6. The molecule has 17 heavy (non-hydrogen) atoms. The van der Waals surface area contributed by atoms with Crippen LogP contribution in [0.25, 0.3) is 16.9 Å². The summed E-state index contributed by atoms with van der Waals surface area (Å²) in [5, 5.41) is 4.53. The number of hydrogen-bond donors (Lipinski definition) is 1. The normalized spacial score (nSPS) is 10.9. The van der Waals surface area contributed by atoms with Crippen LogP contribution in [-0.2, 0) is 0 Å². The quantitative estimate of drug-likeness (QED) is 0.643. The summed E-state index contributed by atoms with van der Waals surface area (Å²) >= 11 is 0. The van der Waals surface area contributed by atoms with Gasteiger partial charge in [-0.2, -0.15) is 9.78 Å². The molecule has 7 heteroatoms. The summed E-state index contributed by atoms with van der Waals surface area (Å²) in [5.41, 5.74) is 0.273. The third-order valence-corrected chi connectivity index (χ3v) is 2.32. The van der Waals surface area contributed by atoms with Crippen molar-refractivity contribution in [2.75, 3.05) is 0 Å². The first-order valence-electron chi connectivity index (χ1n) is 4.97. The van der Waals surface area contributed by atoms with Crippen molar-refractivity contribution in [2.24, 2.45) is 0 Å². The fraction of sp³-hybridized carbons (Fsp3) is 0.100. The monoisotopic (exact) mass is 228 g/mol. The lowest BCUT2D eigenvalue weighted by Crippen LogP contribution is -2.10. The molecule has 0 spiro atoms. The van der Waals surface area contributed by atoms with Crippen molar-refractivity contribution in [1.29, 1.82) is 0 Å². The SMILES string of the molecule is Cc1nc2c(cnn2-c2cnccn2)c(=O)[nH]1. The Morgan fingerprint density at radius 1 is 1.29 bits per heavy atom. The Kier molecular flexibility index (Phi) is 1.97. The first kappa shape index (κ1) is 9.64. The summed E-state index contributed by atoms with van der Waals surface area (Å²) in [6.45, 7) is 1.72. The minimum absolute atomic E-state index is 0.206. The van der Waals surface area contributed by atoms with Crippen LogP contribution in [0.1, 0.15) is 5.82 Å². The van der Waals surface area contributed by atoms with Crippen LogP contribution in [0.4, 0.5) is 0 Å². The van der Waals surface area contributed by atoms with E-state index in [1.165, 1.54) is 10.9 Å². The second-order valence-electron chi connectivity index (χ2n) is 3.51. The minimum Gasteiger partial charge on any atom is -0.310 e. The lowest BCUT2D eigenvalue weighted by molar-refractivity contribution is 0.848. The van der Waals surface area contributed by atoms with Crippen molar-refractivity contribution in [3.63, 3.8) is 0 Å². The molecule has 0 amide bonds. The van der Waals surface area contributed by atoms with Gasteiger partial charge in [0.15, 0.2) is 11.5 Å². The fourth-order valence-electron chi connectivity index (χ4n) is 1.60. The maximum atomic E-state index is 11.7. The highest BCUT2D eigenvalue weighted by Gasteiger charge is 2.10. The predicted molar refractivity (Wildman–Crippen MR) is 59.8 cm³/mol. The van der Waals surface area contributed by atoms with E-state index < -0.39 is 0 Å². The van der Waals surface area contributed by atoms with Crippen LogP contribution in [-0.4, -0.2) is 29.7 Å². The zero-order valence-corrected chi connectivity index (χ0v) is 8.95. The molecule has 0 saturated heterocycles. The topological polar surface area (TPSA) is 89.3 Å². The van der Waals surface area contributed by atoms with E-state index >= 15 is 0 Å². The number of nitrogens with one attached hydrogen (secondary N) is 1. The van der Waals surface area contributed by atoms with Gasteiger partial charge in [0.2, 0.25) is 0 Å².